The van der Waals surface area contributed by atoms with Gasteiger partial charge in [0.25, 0.3) is 11.8 Å². The molecule has 1 amide bonds. The summed E-state index contributed by atoms with van der Waals surface area (Å²) in [6, 6.07) is 0. The van der Waals surface area contributed by atoms with Crippen LogP contribution in [0.3, 0.4) is 0 Å². The lowest BCUT2D eigenvalue weighted by atomic mass is 10.2. The van der Waals surface area contributed by atoms with E-state index in [0.29, 0.717) is 26.4 Å². The predicted octanol–water partition coefficient (Wildman–Crippen LogP) is 0.370. The third-order valence-electron chi connectivity index (χ3n) is 2.15. The van der Waals surface area contributed by atoms with Crippen LogP contribution >= 0.6 is 0 Å². The Hall–Kier alpha value is -1.70. The maximum absolute atomic E-state index is 13.0. The normalized spacial score (nSPS) is 11.4. The number of amides is 1. The van der Waals surface area contributed by atoms with Crippen molar-refractivity contribution >= 4 is 5.91 Å². The number of carbonyl (C=O) groups excluding carboxylic acids is 1. The highest BCUT2D eigenvalue weighted by Gasteiger charge is 2.30. The fourth-order valence-electron chi connectivity index (χ4n) is 1.29. The molecule has 0 aliphatic heterocycles. The highest BCUT2D eigenvalue weighted by Crippen LogP contribution is 2.26. The third kappa shape index (κ3) is 3.66. The molecule has 18 heavy (non-hydrogen) atoms. The monoisotopic (exact) mass is 259 g/mol. The van der Waals surface area contributed by atoms with E-state index in [1.807, 2.05) is 0 Å². The Balaban J connectivity index is 2.81. The molecule has 0 aromatic carbocycles. The first kappa shape index (κ1) is 14.4. The molecule has 0 saturated carbocycles. The lowest BCUT2D eigenvalue weighted by molar-refractivity contribution is 0.0104. The van der Waals surface area contributed by atoms with Crippen LogP contribution in [0.2, 0.25) is 0 Å². The van der Waals surface area contributed by atoms with Crippen molar-refractivity contribution in [3.8, 4) is 0 Å². The predicted molar refractivity (Wildman–Crippen MR) is 60.1 cm³/mol. The summed E-state index contributed by atoms with van der Waals surface area (Å²) in [5.74, 6) is -3.90. The molecule has 1 aromatic heterocycles. The van der Waals surface area contributed by atoms with E-state index in [-0.39, 0.29) is 11.5 Å². The number of hydrogen-bond acceptors (Lipinski definition) is 5. The zero-order valence-corrected chi connectivity index (χ0v) is 10.2. The number of nitrogens with one attached hydrogen (secondary N) is 1. The molecule has 1 heterocycles. The Morgan fingerprint density at radius 3 is 2.61 bits per heavy atom. The number of nitrogens with two attached hydrogens (primary N) is 1. The van der Waals surface area contributed by atoms with E-state index < -0.39 is 17.5 Å². The Morgan fingerprint density at radius 2 is 2.11 bits per heavy atom. The first-order valence-corrected chi connectivity index (χ1v) is 5.44. The number of nitrogens with zero attached hydrogens (tertiary/aromatic N) is 3. The van der Waals surface area contributed by atoms with E-state index in [2.05, 4.69) is 20.5 Å². The molecule has 1 rings (SSSR count). The van der Waals surface area contributed by atoms with Gasteiger partial charge in [0.2, 0.25) is 5.82 Å². The van der Waals surface area contributed by atoms with Crippen LogP contribution in [0, 0.1) is 6.92 Å². The van der Waals surface area contributed by atoms with Crippen LogP contribution in [0.5, 0.6) is 0 Å². The van der Waals surface area contributed by atoms with Gasteiger partial charge in [-0.2, -0.15) is 8.78 Å². The van der Waals surface area contributed by atoms with E-state index >= 15 is 0 Å². The highest BCUT2D eigenvalue weighted by molar-refractivity contribution is 5.90. The topological polar surface area (TPSA) is 93.8 Å². The summed E-state index contributed by atoms with van der Waals surface area (Å²) in [5.41, 5.74) is 4.73. The summed E-state index contributed by atoms with van der Waals surface area (Å²) in [5, 5.41) is 9.26. The fraction of sp³-hybridized carbons (Fsp3) is 0.600. The lowest BCUT2D eigenvalue weighted by Gasteiger charge is -2.11. The molecular weight excluding hydrogens is 244 g/mol. The van der Waals surface area contributed by atoms with Crippen molar-refractivity contribution in [3.05, 3.63) is 17.2 Å². The van der Waals surface area contributed by atoms with Crippen molar-refractivity contribution in [3.63, 3.8) is 0 Å². The van der Waals surface area contributed by atoms with Crippen molar-refractivity contribution in [1.82, 2.24) is 20.5 Å². The number of hydrogen-bond donors (Lipinski definition) is 2. The molecule has 0 bridgehead atoms. The van der Waals surface area contributed by atoms with Gasteiger partial charge in [-0.3, -0.25) is 4.79 Å². The summed E-state index contributed by atoms with van der Waals surface area (Å²) in [6.45, 7) is 2.88. The van der Waals surface area contributed by atoms with Crippen LogP contribution in [0.1, 0.15) is 35.4 Å². The molecule has 3 N–H and O–H groups in total. The molecule has 0 atom stereocenters. The van der Waals surface area contributed by atoms with E-state index in [0.717, 1.165) is 0 Å². The van der Waals surface area contributed by atoms with E-state index in [4.69, 9.17) is 5.73 Å². The number of aryl methyl sites for hydroxylation is 1. The Labute approximate surface area is 103 Å². The zero-order valence-electron chi connectivity index (χ0n) is 10.2. The minimum absolute atomic E-state index is 0.0125. The number of aromatic nitrogens is 3. The molecule has 8 heteroatoms. The van der Waals surface area contributed by atoms with Crippen LogP contribution < -0.4 is 11.1 Å². The van der Waals surface area contributed by atoms with Gasteiger partial charge in [-0.05, 0) is 19.9 Å². The van der Waals surface area contributed by atoms with E-state index in [1.165, 1.54) is 6.92 Å². The smallest absolute Gasteiger partial charge is 0.290 e. The summed E-state index contributed by atoms with van der Waals surface area (Å²) in [4.78, 5) is 15.2. The van der Waals surface area contributed by atoms with Crippen molar-refractivity contribution in [2.45, 2.75) is 26.2 Å². The van der Waals surface area contributed by atoms with Gasteiger partial charge in [-0.15, -0.1) is 10.2 Å². The molecule has 0 spiro atoms. The second kappa shape index (κ2) is 5.76. The third-order valence-corrected chi connectivity index (χ3v) is 2.15. The molecule has 100 valence electrons. The van der Waals surface area contributed by atoms with Crippen LogP contribution in [0.15, 0.2) is 0 Å². The molecule has 0 aliphatic carbocycles. The molecule has 6 nitrogen and oxygen atoms in total. The minimum atomic E-state index is -3.13. The van der Waals surface area contributed by atoms with Crippen LogP contribution in [0.4, 0.5) is 8.78 Å². The van der Waals surface area contributed by atoms with Gasteiger partial charge in [0.15, 0.2) is 5.69 Å². The molecular formula is C10H15F2N5O. The van der Waals surface area contributed by atoms with Crippen molar-refractivity contribution in [2.24, 2.45) is 5.73 Å². The van der Waals surface area contributed by atoms with Gasteiger partial charge in [0.05, 0.1) is 5.69 Å². The Morgan fingerprint density at radius 1 is 1.44 bits per heavy atom. The number of alkyl halides is 2. The molecule has 0 saturated heterocycles. The largest absolute Gasteiger partial charge is 0.349 e. The average Bonchev–Trinajstić information content (AvgIpc) is 2.27. The van der Waals surface area contributed by atoms with Crippen LogP contribution in [0.25, 0.3) is 0 Å². The molecule has 0 unspecified atom stereocenters. The molecule has 0 fully saturated rings. The SMILES string of the molecule is Cc1nc(C(=O)NCCCN)nnc1C(C)(F)F. The van der Waals surface area contributed by atoms with E-state index in [9.17, 15) is 13.6 Å². The molecule has 0 radical (unpaired) electrons. The molecule has 0 aliphatic rings. The van der Waals surface area contributed by atoms with Gasteiger partial charge in [0.1, 0.15) is 0 Å². The van der Waals surface area contributed by atoms with Crippen molar-refractivity contribution < 1.29 is 13.6 Å². The quantitative estimate of drug-likeness (QED) is 0.745. The number of halogens is 2. The second-order valence-corrected chi connectivity index (χ2v) is 3.86. The first-order valence-electron chi connectivity index (χ1n) is 5.44. The fourth-order valence-corrected chi connectivity index (χ4v) is 1.29. The Kier molecular flexibility index (Phi) is 4.60. The standard InChI is InChI=1S/C10H15F2N5O/c1-6-7(10(2,11)12)16-17-8(15-6)9(18)14-5-3-4-13/h3-5,13H2,1-2H3,(H,14,18). The van der Waals surface area contributed by atoms with Crippen LogP contribution in [-0.2, 0) is 5.92 Å². The summed E-state index contributed by atoms with van der Waals surface area (Å²) < 4.78 is 26.1. The first-order chi connectivity index (χ1) is 8.36. The van der Waals surface area contributed by atoms with Crippen molar-refractivity contribution in [2.75, 3.05) is 13.1 Å². The second-order valence-electron chi connectivity index (χ2n) is 3.86. The number of rotatable bonds is 5. The summed E-state index contributed by atoms with van der Waals surface area (Å²) in [7, 11) is 0. The molecule has 1 aromatic rings. The highest BCUT2D eigenvalue weighted by atomic mass is 19.3. The maximum atomic E-state index is 13.0. The van der Waals surface area contributed by atoms with Gasteiger partial charge >= 0.3 is 0 Å². The van der Waals surface area contributed by atoms with Crippen LogP contribution in [-0.4, -0.2) is 34.2 Å². The van der Waals surface area contributed by atoms with Gasteiger partial charge in [-0.25, -0.2) is 4.98 Å². The zero-order chi connectivity index (χ0) is 13.8. The van der Waals surface area contributed by atoms with E-state index in [1.54, 1.807) is 0 Å². The number of carbonyl (C=O) groups is 1. The van der Waals surface area contributed by atoms with Gasteiger partial charge < -0.3 is 11.1 Å². The van der Waals surface area contributed by atoms with Gasteiger partial charge in [-0.1, -0.05) is 0 Å². The van der Waals surface area contributed by atoms with Crippen molar-refractivity contribution in [1.29, 1.82) is 0 Å². The van der Waals surface area contributed by atoms with Gasteiger partial charge in [0, 0.05) is 13.5 Å². The lowest BCUT2D eigenvalue weighted by Crippen LogP contribution is -2.29. The summed E-state index contributed by atoms with van der Waals surface area (Å²) in [6.07, 6.45) is 0.614. The minimum Gasteiger partial charge on any atom is -0.349 e. The average molecular weight is 259 g/mol. The Bertz CT molecular complexity index is 433. The maximum Gasteiger partial charge on any atom is 0.290 e. The summed E-state index contributed by atoms with van der Waals surface area (Å²) >= 11 is 0.